The predicted molar refractivity (Wildman–Crippen MR) is 209 cm³/mol. The Bertz CT molecular complexity index is 2070. The Morgan fingerprint density at radius 3 is 2.10 bits per heavy atom. The van der Waals surface area contributed by atoms with Crippen LogP contribution in [0.1, 0.15) is 113 Å². The molecule has 51 heavy (non-hydrogen) atoms. The summed E-state index contributed by atoms with van der Waals surface area (Å²) in [4.78, 5) is 0. The average Bonchev–Trinajstić information content (AvgIpc) is 3.36. The highest BCUT2D eigenvalue weighted by Gasteiger charge is 2.44. The summed E-state index contributed by atoms with van der Waals surface area (Å²) in [5.41, 5.74) is 11.4. The van der Waals surface area contributed by atoms with Gasteiger partial charge < -0.3 is 0 Å². The number of halogens is 1. The van der Waals surface area contributed by atoms with E-state index in [1.807, 2.05) is 0 Å². The lowest BCUT2D eigenvalue weighted by Gasteiger charge is -2.25. The molecule has 10 heteroatoms. The lowest BCUT2D eigenvalue weighted by atomic mass is 9.79. The molecule has 0 saturated carbocycles. The van der Waals surface area contributed by atoms with Gasteiger partial charge in [0.05, 0.1) is 16.9 Å². The molecule has 2 aromatic carbocycles. The van der Waals surface area contributed by atoms with E-state index in [1.54, 1.807) is 0 Å². The number of nitrogens with zero attached hydrogens (tertiary/aromatic N) is 1. The first-order valence-corrected chi connectivity index (χ1v) is 21.6. The van der Waals surface area contributed by atoms with Crippen LogP contribution in [0.25, 0.3) is 0 Å². The van der Waals surface area contributed by atoms with E-state index in [9.17, 15) is 25.9 Å². The Labute approximate surface area is 310 Å². The highest BCUT2D eigenvalue weighted by Crippen LogP contribution is 2.52. The molecule has 276 valence electrons. The maximum atomic E-state index is 11.4. The smallest absolute Gasteiger partial charge is 0.264 e. The van der Waals surface area contributed by atoms with Crippen LogP contribution in [-0.2, 0) is 31.1 Å². The van der Waals surface area contributed by atoms with E-state index in [-0.39, 0.29) is 28.3 Å². The van der Waals surface area contributed by atoms with Gasteiger partial charge in [0.1, 0.15) is 6.54 Å². The van der Waals surface area contributed by atoms with Crippen molar-refractivity contribution < 1.29 is 30.5 Å². The lowest BCUT2D eigenvalue weighted by Crippen LogP contribution is -2.28. The molecule has 0 fully saturated rings. The molecule has 0 radical (unpaired) electrons. The molecule has 0 saturated heterocycles. The summed E-state index contributed by atoms with van der Waals surface area (Å²) in [7, 11) is -7.99. The van der Waals surface area contributed by atoms with Crippen LogP contribution in [0.2, 0.25) is 0 Å². The molecule has 2 N–H and O–H groups in total. The van der Waals surface area contributed by atoms with Crippen LogP contribution in [0.15, 0.2) is 82.5 Å². The fourth-order valence-electron chi connectivity index (χ4n) is 8.20. The van der Waals surface area contributed by atoms with Crippen LogP contribution < -0.4 is 0 Å². The van der Waals surface area contributed by atoms with Gasteiger partial charge in [0, 0.05) is 40.5 Å². The Balaban J connectivity index is 1.46. The van der Waals surface area contributed by atoms with Gasteiger partial charge in [-0.1, -0.05) is 91.1 Å². The van der Waals surface area contributed by atoms with E-state index in [4.69, 9.17) is 11.6 Å². The third-order valence-corrected chi connectivity index (χ3v) is 13.0. The molecule has 3 aliphatic rings. The molecule has 1 atom stereocenters. The highest BCUT2D eigenvalue weighted by molar-refractivity contribution is 7.86. The van der Waals surface area contributed by atoms with Crippen LogP contribution >= 0.6 is 11.6 Å². The number of allylic oxidation sites excluding steroid dienone is 8. The SMILES string of the molecule is Cc1ccc2c(c1)C(C)(C)C(/C=C/C1=C(Cl)C(=C/C=C3\C(CCCCS(=O)(=O)O)c4ccc(C)cc4C3(C)C)/CCC1)=[N+]2CCCCS(=O)(=O)O. The number of hydrogen-bond acceptors (Lipinski definition) is 4. The van der Waals surface area contributed by atoms with E-state index >= 15 is 0 Å². The molecule has 0 amide bonds. The summed E-state index contributed by atoms with van der Waals surface area (Å²) < 4.78 is 66.3. The minimum Gasteiger partial charge on any atom is -0.286 e. The minimum atomic E-state index is -4.00. The van der Waals surface area contributed by atoms with Gasteiger partial charge >= 0.3 is 0 Å². The monoisotopic (exact) mass is 754 g/mol. The summed E-state index contributed by atoms with van der Waals surface area (Å²) in [6.07, 6.45) is 14.4. The number of hydrogen-bond donors (Lipinski definition) is 2. The number of aryl methyl sites for hydroxylation is 2. The molecule has 0 bridgehead atoms. The van der Waals surface area contributed by atoms with Gasteiger partial charge in [-0.25, -0.2) is 0 Å². The van der Waals surface area contributed by atoms with E-state index in [0.29, 0.717) is 32.2 Å². The molecule has 2 aromatic rings. The highest BCUT2D eigenvalue weighted by atomic mass is 35.5. The molecule has 1 unspecified atom stereocenters. The number of unbranched alkanes of at least 4 members (excludes halogenated alkanes) is 2. The van der Waals surface area contributed by atoms with E-state index in [1.165, 1.54) is 33.4 Å². The van der Waals surface area contributed by atoms with Crippen molar-refractivity contribution in [2.24, 2.45) is 0 Å². The van der Waals surface area contributed by atoms with Crippen molar-refractivity contribution in [1.82, 2.24) is 0 Å². The first kappa shape index (κ1) is 39.4. The zero-order valence-corrected chi connectivity index (χ0v) is 33.2. The summed E-state index contributed by atoms with van der Waals surface area (Å²) in [5.74, 6) is -0.326. The van der Waals surface area contributed by atoms with Crippen LogP contribution in [0.3, 0.4) is 0 Å². The second-order valence-corrected chi connectivity index (χ2v) is 19.1. The second-order valence-electron chi connectivity index (χ2n) is 15.6. The van der Waals surface area contributed by atoms with Crippen LogP contribution in [0.5, 0.6) is 0 Å². The molecule has 0 spiro atoms. The van der Waals surface area contributed by atoms with Gasteiger partial charge in [-0.05, 0) is 94.6 Å². The quantitative estimate of drug-likeness (QED) is 0.120. The van der Waals surface area contributed by atoms with Gasteiger partial charge in [-0.15, -0.1) is 0 Å². The first-order valence-electron chi connectivity index (χ1n) is 18.1. The van der Waals surface area contributed by atoms with Crippen LogP contribution in [-0.4, -0.2) is 54.3 Å². The molecule has 1 heterocycles. The third kappa shape index (κ3) is 9.05. The molecule has 7 nitrogen and oxygen atoms in total. The van der Waals surface area contributed by atoms with Crippen molar-refractivity contribution in [2.75, 3.05) is 18.1 Å². The maximum absolute atomic E-state index is 11.4. The largest absolute Gasteiger partial charge is 0.286 e. The van der Waals surface area contributed by atoms with Gasteiger partial charge in [0.25, 0.3) is 20.2 Å². The maximum Gasteiger partial charge on any atom is 0.264 e. The average molecular weight is 755 g/mol. The zero-order valence-electron chi connectivity index (χ0n) is 30.8. The Kier molecular flexibility index (Phi) is 11.8. The topological polar surface area (TPSA) is 112 Å². The number of benzene rings is 2. The standard InChI is InChI=1S/C41H52ClNO6S2/c1-28-15-19-33-32(14-7-9-24-50(44,45)46)34(40(3,4)35(33)26-28)20-17-30-12-11-13-31(39(30)42)18-22-38-41(5,6)36-27-29(2)16-21-37(36)43(38)23-8-10-25-51(47,48)49/h15-22,26-27,32H,7-14,23-25H2,1-6H3,(H-,44,45,46,47,48,49)/p+1/b22-18+,30-17+,34-20+. The van der Waals surface area contributed by atoms with E-state index in [2.05, 4.69) is 107 Å². The fraction of sp³-hybridized carbons (Fsp3) is 0.488. The molecule has 0 aromatic heterocycles. The number of fused-ring (bicyclic) bond motifs is 2. The summed E-state index contributed by atoms with van der Waals surface area (Å²) in [6.45, 7) is 13.8. The van der Waals surface area contributed by atoms with Gasteiger partial charge in [-0.3, -0.25) is 9.11 Å². The van der Waals surface area contributed by atoms with E-state index < -0.39 is 20.2 Å². The normalized spacial score (nSPS) is 21.7. The van der Waals surface area contributed by atoms with E-state index in [0.717, 1.165) is 53.3 Å². The van der Waals surface area contributed by atoms with Crippen LogP contribution in [0, 0.1) is 13.8 Å². The molecule has 1 aliphatic heterocycles. The molecule has 2 aliphatic carbocycles. The van der Waals surface area contributed by atoms with Crippen LogP contribution in [0.4, 0.5) is 5.69 Å². The van der Waals surface area contributed by atoms with Gasteiger partial charge in [0.2, 0.25) is 5.69 Å². The lowest BCUT2D eigenvalue weighted by molar-refractivity contribution is -0.438. The van der Waals surface area contributed by atoms with Crippen molar-refractivity contribution >= 4 is 43.2 Å². The van der Waals surface area contributed by atoms with Crippen molar-refractivity contribution in [3.63, 3.8) is 0 Å². The summed E-state index contributed by atoms with van der Waals surface area (Å²) in [5, 5.41) is 0.771. The molecule has 5 rings (SSSR count). The fourth-order valence-corrected chi connectivity index (χ4v) is 9.66. The molecular weight excluding hydrogens is 702 g/mol. The van der Waals surface area contributed by atoms with Crippen molar-refractivity contribution in [3.05, 3.63) is 110 Å². The Hall–Kier alpha value is -2.82. The summed E-state index contributed by atoms with van der Waals surface area (Å²) >= 11 is 7.19. The first-order chi connectivity index (χ1) is 23.8. The Morgan fingerprint density at radius 2 is 1.43 bits per heavy atom. The van der Waals surface area contributed by atoms with Crippen molar-refractivity contribution in [1.29, 1.82) is 0 Å². The second kappa shape index (κ2) is 15.3. The minimum absolute atomic E-state index is 0.147. The Morgan fingerprint density at radius 1 is 0.804 bits per heavy atom. The predicted octanol–water partition coefficient (Wildman–Crippen LogP) is 9.57. The number of rotatable bonds is 13. The van der Waals surface area contributed by atoms with Gasteiger partial charge in [0.15, 0.2) is 5.71 Å². The van der Waals surface area contributed by atoms with Crippen molar-refractivity contribution in [2.45, 2.75) is 110 Å². The molecular formula is C41H53ClNO6S2+. The zero-order chi connectivity index (χ0) is 37.4. The third-order valence-electron chi connectivity index (χ3n) is 10.9. The van der Waals surface area contributed by atoms with Gasteiger partial charge in [-0.2, -0.15) is 21.4 Å². The summed E-state index contributed by atoms with van der Waals surface area (Å²) in [6, 6.07) is 13.1. The van der Waals surface area contributed by atoms with Crippen molar-refractivity contribution in [3.8, 4) is 0 Å².